The van der Waals surface area contributed by atoms with Crippen LogP contribution in [-0.2, 0) is 6.42 Å². The standard InChI is InChI=1S/C14H16N4/c15-7-2-1-6-14-17-10-13(18-14)12-5-3-4-11(8-12)9-16/h3-5,8,10H,1-2,6-7,15H2,(H,17,18). The highest BCUT2D eigenvalue weighted by Gasteiger charge is 2.03. The van der Waals surface area contributed by atoms with E-state index in [1.165, 1.54) is 0 Å². The normalized spacial score (nSPS) is 10.2. The molecule has 0 atom stereocenters. The Kier molecular flexibility index (Phi) is 4.11. The Morgan fingerprint density at radius 2 is 2.22 bits per heavy atom. The Morgan fingerprint density at radius 3 is 3.00 bits per heavy atom. The Morgan fingerprint density at radius 1 is 1.33 bits per heavy atom. The van der Waals surface area contributed by atoms with E-state index in [-0.39, 0.29) is 0 Å². The maximum absolute atomic E-state index is 8.87. The van der Waals surface area contributed by atoms with Crippen LogP contribution in [0.5, 0.6) is 0 Å². The molecule has 92 valence electrons. The third-order valence-corrected chi connectivity index (χ3v) is 2.80. The van der Waals surface area contributed by atoms with Gasteiger partial charge in [0.1, 0.15) is 5.82 Å². The first-order valence-electron chi connectivity index (χ1n) is 6.08. The van der Waals surface area contributed by atoms with Crippen molar-refractivity contribution in [1.82, 2.24) is 9.97 Å². The average Bonchev–Trinajstić information content (AvgIpc) is 2.88. The van der Waals surface area contributed by atoms with Crippen molar-refractivity contribution >= 4 is 0 Å². The number of aromatic amines is 1. The molecule has 4 heteroatoms. The number of benzene rings is 1. The van der Waals surface area contributed by atoms with Gasteiger partial charge in [-0.1, -0.05) is 12.1 Å². The predicted octanol–water partition coefficient (Wildman–Crippen LogP) is 2.23. The number of nitrogens with two attached hydrogens (primary N) is 1. The van der Waals surface area contributed by atoms with Gasteiger partial charge >= 0.3 is 0 Å². The lowest BCUT2D eigenvalue weighted by molar-refractivity contribution is 0.723. The lowest BCUT2D eigenvalue weighted by atomic mass is 10.1. The molecule has 1 aromatic heterocycles. The van der Waals surface area contributed by atoms with Crippen LogP contribution in [0.4, 0.5) is 0 Å². The molecule has 2 rings (SSSR count). The van der Waals surface area contributed by atoms with Gasteiger partial charge in [0.25, 0.3) is 0 Å². The molecule has 0 saturated heterocycles. The number of aromatic nitrogens is 2. The van der Waals surface area contributed by atoms with Gasteiger partial charge in [0.05, 0.1) is 23.5 Å². The molecule has 0 amide bonds. The van der Waals surface area contributed by atoms with Crippen LogP contribution < -0.4 is 5.73 Å². The molecular formula is C14H16N4. The van der Waals surface area contributed by atoms with Gasteiger partial charge < -0.3 is 10.7 Å². The van der Waals surface area contributed by atoms with Crippen LogP contribution >= 0.6 is 0 Å². The van der Waals surface area contributed by atoms with Crippen molar-refractivity contribution in [1.29, 1.82) is 5.26 Å². The number of hydrogen-bond acceptors (Lipinski definition) is 3. The third-order valence-electron chi connectivity index (χ3n) is 2.80. The minimum absolute atomic E-state index is 0.659. The average molecular weight is 240 g/mol. The summed E-state index contributed by atoms with van der Waals surface area (Å²) in [4.78, 5) is 7.62. The summed E-state index contributed by atoms with van der Waals surface area (Å²) < 4.78 is 0. The second kappa shape index (κ2) is 5.99. The molecule has 3 N–H and O–H groups in total. The number of rotatable bonds is 5. The van der Waals surface area contributed by atoms with Crippen molar-refractivity contribution in [3.63, 3.8) is 0 Å². The van der Waals surface area contributed by atoms with E-state index < -0.39 is 0 Å². The van der Waals surface area contributed by atoms with Crippen LogP contribution in [0.15, 0.2) is 30.5 Å². The maximum Gasteiger partial charge on any atom is 0.106 e. The number of imidazole rings is 1. The summed E-state index contributed by atoms with van der Waals surface area (Å²) >= 11 is 0. The van der Waals surface area contributed by atoms with E-state index in [1.54, 1.807) is 6.07 Å². The van der Waals surface area contributed by atoms with Gasteiger partial charge in [-0.05, 0) is 31.5 Å². The van der Waals surface area contributed by atoms with Crippen LogP contribution in [0, 0.1) is 11.3 Å². The van der Waals surface area contributed by atoms with Crippen molar-refractivity contribution in [3.8, 4) is 17.3 Å². The number of hydrogen-bond donors (Lipinski definition) is 2. The zero-order valence-corrected chi connectivity index (χ0v) is 10.2. The van der Waals surface area contributed by atoms with Gasteiger partial charge in [0.15, 0.2) is 0 Å². The van der Waals surface area contributed by atoms with E-state index in [9.17, 15) is 0 Å². The summed E-state index contributed by atoms with van der Waals surface area (Å²) in [5.41, 5.74) is 8.06. The summed E-state index contributed by atoms with van der Waals surface area (Å²) in [5.74, 6) is 0.973. The fraction of sp³-hybridized carbons (Fsp3) is 0.286. The lowest BCUT2D eigenvalue weighted by Crippen LogP contribution is -1.99. The first-order chi connectivity index (χ1) is 8.83. The van der Waals surface area contributed by atoms with E-state index in [1.807, 2.05) is 24.4 Å². The molecule has 18 heavy (non-hydrogen) atoms. The fourth-order valence-corrected chi connectivity index (χ4v) is 1.83. The molecule has 0 aliphatic heterocycles. The molecule has 0 spiro atoms. The summed E-state index contributed by atoms with van der Waals surface area (Å²) in [6, 6.07) is 9.64. The Hall–Kier alpha value is -2.12. The van der Waals surface area contributed by atoms with E-state index in [0.717, 1.165) is 42.9 Å². The van der Waals surface area contributed by atoms with Gasteiger partial charge in [0, 0.05) is 12.0 Å². The highest BCUT2D eigenvalue weighted by molar-refractivity contribution is 5.60. The largest absolute Gasteiger partial charge is 0.342 e. The van der Waals surface area contributed by atoms with E-state index >= 15 is 0 Å². The van der Waals surface area contributed by atoms with Crippen molar-refractivity contribution in [2.45, 2.75) is 19.3 Å². The molecule has 2 aromatic rings. The van der Waals surface area contributed by atoms with Crippen molar-refractivity contribution in [2.24, 2.45) is 5.73 Å². The highest BCUT2D eigenvalue weighted by Crippen LogP contribution is 2.18. The van der Waals surface area contributed by atoms with Gasteiger partial charge in [-0.2, -0.15) is 5.26 Å². The van der Waals surface area contributed by atoms with Crippen LogP contribution in [0.25, 0.3) is 11.3 Å². The monoisotopic (exact) mass is 240 g/mol. The summed E-state index contributed by atoms with van der Waals surface area (Å²) in [6.07, 6.45) is 4.78. The van der Waals surface area contributed by atoms with Gasteiger partial charge in [-0.15, -0.1) is 0 Å². The Bertz CT molecular complexity index is 551. The maximum atomic E-state index is 8.87. The number of nitriles is 1. The molecule has 0 bridgehead atoms. The summed E-state index contributed by atoms with van der Waals surface area (Å²) in [6.45, 7) is 0.720. The van der Waals surface area contributed by atoms with E-state index in [0.29, 0.717) is 5.56 Å². The minimum atomic E-state index is 0.659. The van der Waals surface area contributed by atoms with E-state index in [4.69, 9.17) is 11.0 Å². The van der Waals surface area contributed by atoms with Gasteiger partial charge in [0.2, 0.25) is 0 Å². The zero-order valence-electron chi connectivity index (χ0n) is 10.2. The lowest BCUT2D eigenvalue weighted by Gasteiger charge is -1.98. The summed E-state index contributed by atoms with van der Waals surface area (Å²) in [7, 11) is 0. The summed E-state index contributed by atoms with van der Waals surface area (Å²) in [5, 5.41) is 8.87. The van der Waals surface area contributed by atoms with E-state index in [2.05, 4.69) is 16.0 Å². The molecule has 0 radical (unpaired) electrons. The molecular weight excluding hydrogens is 224 g/mol. The minimum Gasteiger partial charge on any atom is -0.342 e. The topological polar surface area (TPSA) is 78.5 Å². The van der Waals surface area contributed by atoms with Crippen LogP contribution in [0.3, 0.4) is 0 Å². The molecule has 4 nitrogen and oxygen atoms in total. The first kappa shape index (κ1) is 12.3. The Labute approximate surface area is 106 Å². The highest BCUT2D eigenvalue weighted by atomic mass is 14.9. The Balaban J connectivity index is 2.11. The second-order valence-electron chi connectivity index (χ2n) is 4.18. The van der Waals surface area contributed by atoms with Crippen molar-refractivity contribution in [2.75, 3.05) is 6.54 Å². The quantitative estimate of drug-likeness (QED) is 0.786. The SMILES string of the molecule is N#Cc1cccc(-c2cnc(CCCCN)[nH]2)c1. The third kappa shape index (κ3) is 2.96. The molecule has 0 unspecified atom stereocenters. The smallest absolute Gasteiger partial charge is 0.106 e. The first-order valence-corrected chi connectivity index (χ1v) is 6.08. The number of unbranched alkanes of at least 4 members (excludes halogenated alkanes) is 1. The molecule has 0 aliphatic rings. The van der Waals surface area contributed by atoms with Crippen LogP contribution in [-0.4, -0.2) is 16.5 Å². The van der Waals surface area contributed by atoms with Gasteiger partial charge in [-0.3, -0.25) is 0 Å². The molecule has 0 aliphatic carbocycles. The second-order valence-corrected chi connectivity index (χ2v) is 4.18. The number of aryl methyl sites for hydroxylation is 1. The molecule has 1 heterocycles. The molecule has 0 fully saturated rings. The van der Waals surface area contributed by atoms with Crippen molar-refractivity contribution in [3.05, 3.63) is 41.9 Å². The predicted molar refractivity (Wildman–Crippen MR) is 70.7 cm³/mol. The number of nitrogens with zero attached hydrogens (tertiary/aromatic N) is 2. The number of H-pyrrole nitrogens is 1. The molecule has 1 aromatic carbocycles. The molecule has 0 saturated carbocycles. The van der Waals surface area contributed by atoms with Crippen LogP contribution in [0.1, 0.15) is 24.2 Å². The van der Waals surface area contributed by atoms with Crippen LogP contribution in [0.2, 0.25) is 0 Å². The number of nitrogens with one attached hydrogen (secondary N) is 1. The zero-order chi connectivity index (χ0) is 12.8. The van der Waals surface area contributed by atoms with Crippen molar-refractivity contribution < 1.29 is 0 Å². The fourth-order valence-electron chi connectivity index (χ4n) is 1.83. The van der Waals surface area contributed by atoms with Gasteiger partial charge in [-0.25, -0.2) is 4.98 Å².